The van der Waals surface area contributed by atoms with E-state index >= 15 is 0 Å². The Bertz CT molecular complexity index is 871. The minimum absolute atomic E-state index is 0.0840. The number of para-hydroxylation sites is 1. The van der Waals surface area contributed by atoms with Crippen LogP contribution in [0.15, 0.2) is 46.6 Å². The highest BCUT2D eigenvalue weighted by Crippen LogP contribution is 2.28. The van der Waals surface area contributed by atoms with Gasteiger partial charge in [0.2, 0.25) is 0 Å². The van der Waals surface area contributed by atoms with E-state index in [0.717, 1.165) is 11.3 Å². The lowest BCUT2D eigenvalue weighted by atomic mass is 10.1. The number of rotatable bonds is 3. The van der Waals surface area contributed by atoms with Crippen molar-refractivity contribution in [3.8, 4) is 11.8 Å². The molecule has 5 nitrogen and oxygen atoms in total. The summed E-state index contributed by atoms with van der Waals surface area (Å²) in [5.74, 6) is -1.20. The number of aromatic nitrogens is 2. The van der Waals surface area contributed by atoms with Gasteiger partial charge < -0.3 is 5.11 Å². The molecule has 108 valence electrons. The van der Waals surface area contributed by atoms with E-state index in [0.29, 0.717) is 5.69 Å². The van der Waals surface area contributed by atoms with Crippen LogP contribution in [0.2, 0.25) is 0 Å². The Morgan fingerprint density at radius 1 is 1.32 bits per heavy atom. The quantitative estimate of drug-likeness (QED) is 0.799. The summed E-state index contributed by atoms with van der Waals surface area (Å²) >= 11 is -0.101. The second kappa shape index (κ2) is 6.07. The lowest BCUT2D eigenvalue weighted by molar-refractivity contribution is 0.0689. The largest absolute Gasteiger partial charge is 0.476 e. The van der Waals surface area contributed by atoms with E-state index in [1.54, 1.807) is 0 Å². The molecule has 0 aliphatic carbocycles. The first-order valence-corrected chi connectivity index (χ1v) is 8.85. The molecular weight excluding hydrogens is 393 g/mol. The number of nitriles is 1. The summed E-state index contributed by atoms with van der Waals surface area (Å²) in [4.78, 5) is 11.4. The predicted octanol–water partition coefficient (Wildman–Crippen LogP) is 3.13. The number of carboxylic acids is 1. The van der Waals surface area contributed by atoms with Gasteiger partial charge in [-0.3, -0.25) is 0 Å². The van der Waals surface area contributed by atoms with Crippen LogP contribution in [0.4, 0.5) is 0 Å². The number of aromatic carboxylic acids is 1. The first-order chi connectivity index (χ1) is 10.7. The zero-order valence-corrected chi connectivity index (χ0v) is 13.4. The fraction of sp³-hybridized carbons (Fsp3) is 0. The zero-order valence-electron chi connectivity index (χ0n) is 11.3. The van der Waals surface area contributed by atoms with Gasteiger partial charge in [-0.15, -0.1) is 0 Å². The smallest absolute Gasteiger partial charge is 0.357 e. The molecule has 6 heteroatoms. The summed E-state index contributed by atoms with van der Waals surface area (Å²) in [5, 5.41) is 22.9. The lowest BCUT2D eigenvalue weighted by Crippen LogP contribution is -2.03. The third-order valence-corrected chi connectivity index (χ3v) is 4.65. The molecule has 0 amide bonds. The molecule has 22 heavy (non-hydrogen) atoms. The van der Waals surface area contributed by atoms with Gasteiger partial charge in [-0.25, -0.2) is 9.48 Å². The van der Waals surface area contributed by atoms with E-state index in [9.17, 15) is 15.2 Å². The molecular formula is C16H10IN3O2. The van der Waals surface area contributed by atoms with Gasteiger partial charge in [-0.1, -0.05) is 38.9 Å². The van der Waals surface area contributed by atoms with Gasteiger partial charge in [0.05, 0.1) is 11.4 Å². The number of nitrogens with zero attached hydrogens (tertiary/aromatic N) is 3. The van der Waals surface area contributed by atoms with Crippen LogP contribution >= 0.6 is 20.7 Å². The maximum Gasteiger partial charge on any atom is 0.357 e. The molecule has 2 heterocycles. The minimum Gasteiger partial charge on any atom is -0.476 e. The van der Waals surface area contributed by atoms with Crippen LogP contribution in [0, 0.1) is 11.3 Å². The Labute approximate surface area is 136 Å². The summed E-state index contributed by atoms with van der Waals surface area (Å²) < 4.78 is 5.66. The molecule has 1 N–H and O–H groups in total. The molecule has 1 aromatic heterocycles. The summed E-state index contributed by atoms with van der Waals surface area (Å²) in [6, 6.07) is 11.2. The summed E-state index contributed by atoms with van der Waals surface area (Å²) in [5.41, 5.74) is 1.89. The van der Waals surface area contributed by atoms with Gasteiger partial charge in [0.1, 0.15) is 11.6 Å². The van der Waals surface area contributed by atoms with Crippen LogP contribution in [-0.4, -0.2) is 24.9 Å². The number of allylic oxidation sites excluding steroid dienone is 3. The zero-order chi connectivity index (χ0) is 15.5. The second-order valence-electron chi connectivity index (χ2n) is 4.40. The number of benzene rings is 1. The third-order valence-electron chi connectivity index (χ3n) is 3.10. The normalized spacial score (nSPS) is 13.1. The van der Waals surface area contributed by atoms with Crippen LogP contribution in [0.25, 0.3) is 11.3 Å². The molecule has 2 aromatic rings. The maximum atomic E-state index is 11.4. The van der Waals surface area contributed by atoms with E-state index in [1.165, 1.54) is 4.68 Å². The molecule has 0 spiro atoms. The van der Waals surface area contributed by atoms with Crippen molar-refractivity contribution in [2.24, 2.45) is 0 Å². The number of carboxylic acid groups (broad SMARTS) is 1. The molecule has 0 radical (unpaired) electrons. The van der Waals surface area contributed by atoms with Crippen molar-refractivity contribution in [1.29, 1.82) is 5.26 Å². The average molecular weight is 403 g/mol. The van der Waals surface area contributed by atoms with Gasteiger partial charge in [-0.05, 0) is 32.4 Å². The Morgan fingerprint density at radius 2 is 2.09 bits per heavy atom. The van der Waals surface area contributed by atoms with Gasteiger partial charge in [0.15, 0.2) is 5.69 Å². The summed E-state index contributed by atoms with van der Waals surface area (Å²) in [6.45, 7) is 0. The first-order valence-electron chi connectivity index (χ1n) is 6.36. The van der Waals surface area contributed by atoms with Crippen molar-refractivity contribution in [2.75, 3.05) is 0 Å². The predicted molar refractivity (Wildman–Crippen MR) is 92.4 cm³/mol. The van der Waals surface area contributed by atoms with Crippen molar-refractivity contribution in [3.05, 3.63) is 63.5 Å². The van der Waals surface area contributed by atoms with Crippen molar-refractivity contribution >= 4 is 36.3 Å². The first kappa shape index (κ1) is 14.4. The van der Waals surface area contributed by atoms with Crippen LogP contribution in [0.5, 0.6) is 0 Å². The van der Waals surface area contributed by atoms with E-state index in [1.807, 2.05) is 48.6 Å². The fourth-order valence-electron chi connectivity index (χ4n) is 2.16. The maximum absolute atomic E-state index is 11.4. The van der Waals surface area contributed by atoms with Crippen molar-refractivity contribution in [2.45, 2.75) is 0 Å². The molecule has 0 fully saturated rings. The standard InChI is InChI=1S/C16H10IN3O2/c18-10-13-14(16(21)22)19-20(12-4-2-1-3-5-12)15(13)11-6-8-17-9-7-11/h1-9H,(H,21,22). The highest BCUT2D eigenvalue weighted by Gasteiger charge is 2.25. The topological polar surface area (TPSA) is 78.9 Å². The van der Waals surface area contributed by atoms with Crippen molar-refractivity contribution in [3.63, 3.8) is 0 Å². The van der Waals surface area contributed by atoms with Crippen LogP contribution in [0.3, 0.4) is 0 Å². The van der Waals surface area contributed by atoms with E-state index in [-0.39, 0.29) is 32.0 Å². The van der Waals surface area contributed by atoms with Gasteiger partial charge in [-0.2, -0.15) is 10.4 Å². The molecule has 1 aromatic carbocycles. The minimum atomic E-state index is -1.20. The highest BCUT2D eigenvalue weighted by molar-refractivity contribution is 14.2. The average Bonchev–Trinajstić information content (AvgIpc) is 2.96. The summed E-state index contributed by atoms with van der Waals surface area (Å²) in [7, 11) is 0. The Balaban J connectivity index is 2.32. The molecule has 0 atom stereocenters. The summed E-state index contributed by atoms with van der Waals surface area (Å²) in [6.07, 6.45) is 3.85. The second-order valence-corrected chi connectivity index (χ2v) is 6.56. The van der Waals surface area contributed by atoms with E-state index in [2.05, 4.69) is 13.2 Å². The SMILES string of the molecule is N#Cc1c(C(=O)O)nn(-c2ccccc2)c1C1=CC=IC=C1. The molecule has 0 bridgehead atoms. The number of carbonyl (C=O) groups is 1. The Morgan fingerprint density at radius 3 is 2.68 bits per heavy atom. The Kier molecular flexibility index (Phi) is 3.98. The van der Waals surface area contributed by atoms with E-state index < -0.39 is 5.97 Å². The Hall–Kier alpha value is -2.53. The van der Waals surface area contributed by atoms with Gasteiger partial charge in [0.25, 0.3) is 0 Å². The van der Waals surface area contributed by atoms with Crippen LogP contribution < -0.4 is 0 Å². The van der Waals surface area contributed by atoms with E-state index in [4.69, 9.17) is 0 Å². The van der Waals surface area contributed by atoms with Crippen LogP contribution in [0.1, 0.15) is 21.7 Å². The van der Waals surface area contributed by atoms with Gasteiger partial charge >= 0.3 is 5.97 Å². The van der Waals surface area contributed by atoms with Crippen molar-refractivity contribution in [1.82, 2.24) is 9.78 Å². The number of halogens is 1. The molecule has 1 aliphatic rings. The molecule has 3 rings (SSSR count). The monoisotopic (exact) mass is 403 g/mol. The lowest BCUT2D eigenvalue weighted by Gasteiger charge is -2.09. The molecule has 1 aliphatic heterocycles. The third kappa shape index (κ3) is 2.51. The number of hydrogen-bond acceptors (Lipinski definition) is 3. The molecule has 0 unspecified atom stereocenters. The van der Waals surface area contributed by atoms with Gasteiger partial charge in [0, 0.05) is 5.57 Å². The molecule has 0 saturated carbocycles. The van der Waals surface area contributed by atoms with Crippen LogP contribution in [-0.2, 0) is 0 Å². The highest BCUT2D eigenvalue weighted by atomic mass is 127. The van der Waals surface area contributed by atoms with Crippen molar-refractivity contribution < 1.29 is 9.90 Å². The fourth-order valence-corrected chi connectivity index (χ4v) is 3.59. The number of hydrogen-bond donors (Lipinski definition) is 1. The molecule has 0 saturated heterocycles.